The molecule has 1 rings (SSSR count). The molecular formula is C9H13NO3. The van der Waals surface area contributed by atoms with Crippen LogP contribution >= 0.6 is 0 Å². The lowest BCUT2D eigenvalue weighted by atomic mass is 10.0. The molecule has 13 heavy (non-hydrogen) atoms. The van der Waals surface area contributed by atoms with Crippen LogP contribution in [0.5, 0.6) is 5.75 Å². The van der Waals surface area contributed by atoms with E-state index in [1.54, 1.807) is 0 Å². The number of hydrogen-bond donors (Lipinski definition) is 2. The lowest BCUT2D eigenvalue weighted by Crippen LogP contribution is -2.12. The fraction of sp³-hybridized carbons (Fsp3) is 0.444. The summed E-state index contributed by atoms with van der Waals surface area (Å²) in [4.78, 5) is 11.0. The van der Waals surface area contributed by atoms with E-state index in [4.69, 9.17) is 5.11 Å². The first-order valence-electron chi connectivity index (χ1n) is 4.21. The Morgan fingerprint density at radius 2 is 2.23 bits per heavy atom. The van der Waals surface area contributed by atoms with E-state index in [-0.39, 0.29) is 5.92 Å². The van der Waals surface area contributed by atoms with E-state index in [1.165, 1.54) is 6.07 Å². The van der Waals surface area contributed by atoms with Crippen LogP contribution in [0.15, 0.2) is 17.1 Å². The Morgan fingerprint density at radius 1 is 1.62 bits per heavy atom. The SMILES string of the molecule is CCC(C)c1cc(=O)c(O)cn1O. The molecule has 0 radical (unpaired) electrons. The molecule has 1 aromatic rings. The molecule has 0 fully saturated rings. The monoisotopic (exact) mass is 183 g/mol. The van der Waals surface area contributed by atoms with Crippen molar-refractivity contribution < 1.29 is 10.3 Å². The van der Waals surface area contributed by atoms with Crippen molar-refractivity contribution in [1.82, 2.24) is 4.73 Å². The molecule has 0 bridgehead atoms. The predicted molar refractivity (Wildman–Crippen MR) is 48.3 cm³/mol. The fourth-order valence-electron chi connectivity index (χ4n) is 1.11. The highest BCUT2D eigenvalue weighted by atomic mass is 16.5. The number of pyridine rings is 1. The highest BCUT2D eigenvalue weighted by molar-refractivity contribution is 5.21. The summed E-state index contributed by atoms with van der Waals surface area (Å²) in [6, 6.07) is 1.25. The summed E-state index contributed by atoms with van der Waals surface area (Å²) in [6.45, 7) is 3.86. The zero-order valence-corrected chi connectivity index (χ0v) is 7.69. The Hall–Kier alpha value is -1.45. The Kier molecular flexibility index (Phi) is 2.60. The number of rotatable bonds is 2. The molecule has 1 aromatic heterocycles. The van der Waals surface area contributed by atoms with Crippen LogP contribution in [0.4, 0.5) is 0 Å². The van der Waals surface area contributed by atoms with Gasteiger partial charge in [0.15, 0.2) is 5.75 Å². The van der Waals surface area contributed by atoms with Gasteiger partial charge in [0.25, 0.3) is 0 Å². The van der Waals surface area contributed by atoms with E-state index >= 15 is 0 Å². The van der Waals surface area contributed by atoms with Gasteiger partial charge in [0.1, 0.15) is 0 Å². The van der Waals surface area contributed by atoms with Crippen LogP contribution in [0.25, 0.3) is 0 Å². The summed E-state index contributed by atoms with van der Waals surface area (Å²) in [5.41, 5.74) is 0.0610. The molecule has 4 nitrogen and oxygen atoms in total. The third kappa shape index (κ3) is 1.83. The van der Waals surface area contributed by atoms with Crippen LogP contribution in [0.2, 0.25) is 0 Å². The van der Waals surface area contributed by atoms with Crippen molar-refractivity contribution in [2.24, 2.45) is 0 Å². The molecule has 0 saturated heterocycles. The highest BCUT2D eigenvalue weighted by Crippen LogP contribution is 2.17. The number of nitrogens with zero attached hydrogens (tertiary/aromatic N) is 1. The molecule has 0 saturated carbocycles. The van der Waals surface area contributed by atoms with Gasteiger partial charge in [-0.1, -0.05) is 13.8 Å². The third-order valence-corrected chi connectivity index (χ3v) is 2.16. The average Bonchev–Trinajstić information content (AvgIpc) is 2.10. The Balaban J connectivity index is 3.23. The first-order valence-corrected chi connectivity index (χ1v) is 4.21. The van der Waals surface area contributed by atoms with Gasteiger partial charge in [0, 0.05) is 6.07 Å². The van der Waals surface area contributed by atoms with Crippen LogP contribution < -0.4 is 5.43 Å². The van der Waals surface area contributed by atoms with Crippen LogP contribution in [0.1, 0.15) is 31.9 Å². The third-order valence-electron chi connectivity index (χ3n) is 2.16. The quantitative estimate of drug-likeness (QED) is 0.679. The highest BCUT2D eigenvalue weighted by Gasteiger charge is 2.10. The number of aromatic nitrogens is 1. The normalized spacial score (nSPS) is 12.8. The average molecular weight is 183 g/mol. The van der Waals surface area contributed by atoms with E-state index in [0.29, 0.717) is 5.69 Å². The zero-order valence-electron chi connectivity index (χ0n) is 7.69. The van der Waals surface area contributed by atoms with E-state index in [9.17, 15) is 10.0 Å². The summed E-state index contributed by atoms with van der Waals surface area (Å²) in [7, 11) is 0. The number of hydrogen-bond acceptors (Lipinski definition) is 3. The van der Waals surface area contributed by atoms with Gasteiger partial charge in [-0.3, -0.25) is 4.79 Å². The van der Waals surface area contributed by atoms with Crippen molar-refractivity contribution in [1.29, 1.82) is 0 Å². The number of aromatic hydroxyl groups is 1. The Labute approximate surface area is 76.0 Å². The van der Waals surface area contributed by atoms with E-state index < -0.39 is 11.2 Å². The van der Waals surface area contributed by atoms with E-state index in [1.807, 2.05) is 13.8 Å². The molecule has 4 heteroatoms. The van der Waals surface area contributed by atoms with Crippen LogP contribution in [0, 0.1) is 0 Å². The van der Waals surface area contributed by atoms with Crippen LogP contribution in [0.3, 0.4) is 0 Å². The summed E-state index contributed by atoms with van der Waals surface area (Å²) >= 11 is 0. The lowest BCUT2D eigenvalue weighted by molar-refractivity contribution is 0.167. The second-order valence-corrected chi connectivity index (χ2v) is 3.10. The minimum Gasteiger partial charge on any atom is -0.503 e. The van der Waals surface area contributed by atoms with Crippen molar-refractivity contribution >= 4 is 0 Å². The molecule has 0 aliphatic heterocycles. The van der Waals surface area contributed by atoms with Gasteiger partial charge in [-0.2, -0.15) is 4.73 Å². The summed E-state index contributed by atoms with van der Waals surface area (Å²) in [5, 5.41) is 18.3. The maximum absolute atomic E-state index is 11.0. The van der Waals surface area contributed by atoms with Gasteiger partial charge in [-0.15, -0.1) is 0 Å². The summed E-state index contributed by atoms with van der Waals surface area (Å²) in [5.74, 6) is -0.340. The van der Waals surface area contributed by atoms with Crippen molar-refractivity contribution in [2.75, 3.05) is 0 Å². The van der Waals surface area contributed by atoms with Gasteiger partial charge in [0.2, 0.25) is 5.43 Å². The standard InChI is InChI=1S/C9H13NO3/c1-3-6(2)7-4-8(11)9(12)5-10(7)13/h4-6,12-13H,3H2,1-2H3. The molecule has 0 aromatic carbocycles. The maximum atomic E-state index is 11.0. The summed E-state index contributed by atoms with van der Waals surface area (Å²) in [6.07, 6.45) is 1.84. The molecule has 0 aliphatic rings. The molecule has 0 spiro atoms. The van der Waals surface area contributed by atoms with Crippen molar-refractivity contribution in [3.63, 3.8) is 0 Å². The van der Waals surface area contributed by atoms with Gasteiger partial charge < -0.3 is 10.3 Å². The minimum atomic E-state index is -0.458. The lowest BCUT2D eigenvalue weighted by Gasteiger charge is -2.12. The van der Waals surface area contributed by atoms with Crippen molar-refractivity contribution in [3.8, 4) is 5.75 Å². The van der Waals surface area contributed by atoms with Gasteiger partial charge in [0.05, 0.1) is 11.9 Å². The predicted octanol–water partition coefficient (Wildman–Crippen LogP) is 1.30. The molecule has 72 valence electrons. The Morgan fingerprint density at radius 3 is 2.77 bits per heavy atom. The second kappa shape index (κ2) is 3.51. The summed E-state index contributed by atoms with van der Waals surface area (Å²) < 4.78 is 0.797. The molecule has 1 atom stereocenters. The zero-order chi connectivity index (χ0) is 10.0. The Bertz CT molecular complexity index is 356. The van der Waals surface area contributed by atoms with Crippen molar-refractivity contribution in [3.05, 3.63) is 28.2 Å². The molecule has 0 amide bonds. The minimum absolute atomic E-state index is 0.0956. The maximum Gasteiger partial charge on any atom is 0.223 e. The van der Waals surface area contributed by atoms with Crippen LogP contribution in [-0.2, 0) is 0 Å². The smallest absolute Gasteiger partial charge is 0.223 e. The first-order chi connectivity index (χ1) is 6.06. The van der Waals surface area contributed by atoms with Gasteiger partial charge in [-0.25, -0.2) is 0 Å². The molecule has 0 aliphatic carbocycles. The largest absolute Gasteiger partial charge is 0.503 e. The second-order valence-electron chi connectivity index (χ2n) is 3.10. The fourth-order valence-corrected chi connectivity index (χ4v) is 1.11. The van der Waals surface area contributed by atoms with Gasteiger partial charge >= 0.3 is 0 Å². The van der Waals surface area contributed by atoms with Crippen LogP contribution in [-0.4, -0.2) is 15.0 Å². The topological polar surface area (TPSA) is 62.5 Å². The van der Waals surface area contributed by atoms with E-state index in [2.05, 4.69) is 0 Å². The van der Waals surface area contributed by atoms with Gasteiger partial charge in [-0.05, 0) is 12.3 Å². The first kappa shape index (κ1) is 9.64. The van der Waals surface area contributed by atoms with Crippen molar-refractivity contribution in [2.45, 2.75) is 26.2 Å². The molecular weight excluding hydrogens is 170 g/mol. The molecule has 2 N–H and O–H groups in total. The molecule has 1 heterocycles. The molecule has 1 unspecified atom stereocenters. The van der Waals surface area contributed by atoms with E-state index in [0.717, 1.165) is 17.3 Å².